The van der Waals surface area contributed by atoms with Gasteiger partial charge in [0.1, 0.15) is 17.1 Å². The maximum atomic E-state index is 14.4. The molecule has 370 valence electrons. The first-order valence-electron chi connectivity index (χ1n) is 26.3. The Morgan fingerprint density at radius 1 is 0.940 bits per heavy atom. The fourth-order valence-electron chi connectivity index (χ4n) is 14.2. The second-order valence-corrected chi connectivity index (χ2v) is 25.0. The number of carbonyl (C=O) groups excluding carboxylic acids is 2. The molecule has 67 heavy (non-hydrogen) atoms. The highest BCUT2D eigenvalue weighted by atomic mass is 33.1. The minimum Gasteiger partial charge on any atom is -0.504 e. The van der Waals surface area contributed by atoms with Gasteiger partial charge in [-0.25, -0.2) is 0 Å². The first-order chi connectivity index (χ1) is 32.4. The number of phenolic OH excluding ortho intramolecular Hbond substituents is 1. The Labute approximate surface area is 407 Å². The average molecular weight is 961 g/mol. The summed E-state index contributed by atoms with van der Waals surface area (Å²) in [7, 11) is 4.12. The zero-order chi connectivity index (χ0) is 46.7. The number of amides is 1. The summed E-state index contributed by atoms with van der Waals surface area (Å²) >= 11 is 0. The zero-order valence-corrected chi connectivity index (χ0v) is 42.0. The van der Waals surface area contributed by atoms with Crippen molar-refractivity contribution in [3.8, 4) is 11.5 Å². The molecule has 1 amide bonds. The van der Waals surface area contributed by atoms with Gasteiger partial charge in [0, 0.05) is 73.7 Å². The number of aryl methyl sites for hydroxylation is 1. The molecule has 8 aliphatic rings. The van der Waals surface area contributed by atoms with Crippen LogP contribution in [0.4, 0.5) is 0 Å². The number of ether oxygens (including phenoxy) is 2. The van der Waals surface area contributed by atoms with Gasteiger partial charge < -0.3 is 46.7 Å². The number of nitrogens with two attached hydrogens (primary N) is 2. The number of aromatic hydroxyl groups is 1. The van der Waals surface area contributed by atoms with Gasteiger partial charge in [0.25, 0.3) is 0 Å². The van der Waals surface area contributed by atoms with Crippen LogP contribution in [0.2, 0.25) is 0 Å². The van der Waals surface area contributed by atoms with Gasteiger partial charge in [-0.05, 0) is 150 Å². The zero-order valence-electron chi connectivity index (χ0n) is 40.4. The van der Waals surface area contributed by atoms with E-state index >= 15 is 0 Å². The third-order valence-corrected chi connectivity index (χ3v) is 21.1. The molecule has 1 aromatic rings. The molecule has 4 heterocycles. The summed E-state index contributed by atoms with van der Waals surface area (Å²) in [5, 5.41) is 30.8. The fourth-order valence-corrected chi connectivity index (χ4v) is 18.4. The number of phenols is 1. The molecular weight excluding hydrogens is 881 g/mol. The van der Waals surface area contributed by atoms with E-state index in [0.29, 0.717) is 99.0 Å². The number of rotatable bonds is 3. The SMILES string of the molecule is CC(=O)OC1CCc2cc(c(O)c3c2CCC2CCCC2O3)CN2CC(CC3=CCNC(N)=C3)(CCN=C(N)NC3(CCCC34CCCC4)SSCC3(CCCCC(O)C1)CCCC3)CC2=O. The number of guanidine groups is 1. The molecule has 14 heteroatoms. The van der Waals surface area contributed by atoms with E-state index in [0.717, 1.165) is 73.8 Å². The molecule has 9 rings (SSSR count). The Morgan fingerprint density at radius 3 is 2.51 bits per heavy atom. The molecule has 6 atom stereocenters. The minimum atomic E-state index is -0.570. The van der Waals surface area contributed by atoms with Gasteiger partial charge in [-0.1, -0.05) is 66.2 Å². The number of hydrogen-bond acceptors (Lipinski definition) is 13. The molecule has 4 bridgehead atoms. The summed E-state index contributed by atoms with van der Waals surface area (Å²) in [5.74, 6) is 3.12. The monoisotopic (exact) mass is 961 g/mol. The number of aliphatic imine (C=N–C) groups is 1. The second kappa shape index (κ2) is 21.0. The van der Waals surface area contributed by atoms with Crippen LogP contribution in [0, 0.1) is 22.2 Å². The molecule has 4 aliphatic carbocycles. The Bertz CT molecular complexity index is 2040. The molecular formula is C53H80N6O6S2. The van der Waals surface area contributed by atoms with Gasteiger partial charge in [-0.15, -0.1) is 0 Å². The average Bonchev–Trinajstić information content (AvgIpc) is 4.14. The van der Waals surface area contributed by atoms with Gasteiger partial charge in [-0.3, -0.25) is 14.6 Å². The van der Waals surface area contributed by atoms with Crippen LogP contribution in [-0.2, 0) is 33.7 Å². The van der Waals surface area contributed by atoms with E-state index in [1.807, 2.05) is 11.0 Å². The lowest BCUT2D eigenvalue weighted by atomic mass is 9.77. The molecule has 3 spiro atoms. The minimum absolute atomic E-state index is 0.0528. The van der Waals surface area contributed by atoms with Crippen molar-refractivity contribution in [1.82, 2.24) is 15.5 Å². The van der Waals surface area contributed by atoms with Gasteiger partial charge in [-0.2, -0.15) is 0 Å². The number of nitrogens with one attached hydrogen (secondary N) is 2. The summed E-state index contributed by atoms with van der Waals surface area (Å²) in [5.41, 5.74) is 17.3. The van der Waals surface area contributed by atoms with Crippen molar-refractivity contribution < 1.29 is 29.3 Å². The van der Waals surface area contributed by atoms with Crippen molar-refractivity contribution in [3.05, 3.63) is 46.3 Å². The summed E-state index contributed by atoms with van der Waals surface area (Å²) < 4.78 is 12.7. The van der Waals surface area contributed by atoms with Gasteiger partial charge in [0.05, 0.1) is 11.9 Å². The molecule has 1 saturated heterocycles. The third-order valence-electron chi connectivity index (χ3n) is 17.7. The van der Waals surface area contributed by atoms with E-state index < -0.39 is 17.6 Å². The maximum Gasteiger partial charge on any atom is 0.302 e. The Kier molecular flexibility index (Phi) is 15.3. The second-order valence-electron chi connectivity index (χ2n) is 22.4. The van der Waals surface area contributed by atoms with Crippen LogP contribution in [0.15, 0.2) is 34.6 Å². The number of dihydropyridines is 1. The number of allylic oxidation sites excluding steroid dienone is 2. The summed E-state index contributed by atoms with van der Waals surface area (Å²) in [6.45, 7) is 3.36. The summed E-state index contributed by atoms with van der Waals surface area (Å²) in [6, 6.07) is 2.08. The highest BCUT2D eigenvalue weighted by Crippen LogP contribution is 2.64. The lowest BCUT2D eigenvalue weighted by molar-refractivity contribution is -0.148. The van der Waals surface area contributed by atoms with Crippen molar-refractivity contribution in [1.29, 1.82) is 0 Å². The number of fused-ring (bicyclic) bond motifs is 8. The summed E-state index contributed by atoms with van der Waals surface area (Å²) in [6.07, 6.45) is 28.9. The highest BCUT2D eigenvalue weighted by molar-refractivity contribution is 8.77. The Hall–Kier alpha value is -3.23. The molecule has 12 nitrogen and oxygen atoms in total. The molecule has 4 saturated carbocycles. The van der Waals surface area contributed by atoms with Crippen molar-refractivity contribution in [3.63, 3.8) is 0 Å². The van der Waals surface area contributed by atoms with Crippen molar-refractivity contribution in [2.45, 2.75) is 204 Å². The Morgan fingerprint density at radius 2 is 1.72 bits per heavy atom. The summed E-state index contributed by atoms with van der Waals surface area (Å²) in [4.78, 5) is 33.8. The lowest BCUT2D eigenvalue weighted by Gasteiger charge is -2.44. The number of hydrogen-bond donors (Lipinski definition) is 6. The van der Waals surface area contributed by atoms with E-state index in [4.69, 9.17) is 25.9 Å². The van der Waals surface area contributed by atoms with Gasteiger partial charge in [0.2, 0.25) is 5.91 Å². The number of esters is 1. The van der Waals surface area contributed by atoms with E-state index in [1.165, 1.54) is 77.6 Å². The van der Waals surface area contributed by atoms with Crippen LogP contribution >= 0.6 is 21.6 Å². The smallest absolute Gasteiger partial charge is 0.302 e. The number of nitrogens with zero attached hydrogens (tertiary/aromatic N) is 2. The van der Waals surface area contributed by atoms with Crippen molar-refractivity contribution >= 4 is 39.4 Å². The largest absolute Gasteiger partial charge is 0.504 e. The number of carbonyl (C=O) groups is 2. The van der Waals surface area contributed by atoms with E-state index in [2.05, 4.69) is 44.4 Å². The van der Waals surface area contributed by atoms with Gasteiger partial charge in [0.15, 0.2) is 17.5 Å². The highest BCUT2D eigenvalue weighted by Gasteiger charge is 2.57. The Balaban J connectivity index is 1.04. The fraction of sp³-hybridized carbons (Fsp3) is 0.755. The van der Waals surface area contributed by atoms with E-state index in [9.17, 15) is 19.8 Å². The maximum absolute atomic E-state index is 14.4. The van der Waals surface area contributed by atoms with Crippen LogP contribution in [0.5, 0.6) is 11.5 Å². The first-order valence-corrected chi connectivity index (χ1v) is 28.6. The van der Waals surface area contributed by atoms with Crippen molar-refractivity contribution in [2.24, 2.45) is 38.6 Å². The predicted molar refractivity (Wildman–Crippen MR) is 269 cm³/mol. The molecule has 0 aromatic heterocycles. The van der Waals surface area contributed by atoms with Crippen LogP contribution < -0.4 is 26.8 Å². The predicted octanol–water partition coefficient (Wildman–Crippen LogP) is 9.19. The number of aliphatic hydroxyl groups is 1. The third kappa shape index (κ3) is 11.1. The van der Waals surface area contributed by atoms with Crippen LogP contribution in [-0.4, -0.2) is 81.5 Å². The van der Waals surface area contributed by atoms with E-state index in [1.54, 1.807) is 0 Å². The molecule has 1 aromatic carbocycles. The van der Waals surface area contributed by atoms with Crippen LogP contribution in [0.1, 0.15) is 178 Å². The number of aliphatic hydroxyl groups excluding tert-OH is 1. The standard InChI is InChI=1S/C53H80N6O6S2/c1-36(60)64-42-15-13-39-29-40(47(63)48-43(39)16-14-38-10-8-12-44(38)65-48)33-59-34-51(32-46(59)62,31-37-17-26-56-45(54)28-37)25-27-57-49(55)58-53(24-9-23-52(53)21-6-7-22-52)67-66-35-50(19-4-5-20-50)18-3-2-11-41(61)30-42/h17,28-29,38,41-42,44,56,61,63H,2-16,18-27,30-35,54H2,1H3,(H3,55,57,58). The molecule has 6 unspecified atom stereocenters. The normalized spacial score (nSPS) is 32.9. The lowest BCUT2D eigenvalue weighted by Crippen LogP contribution is -2.55. The van der Waals surface area contributed by atoms with Crippen LogP contribution in [0.25, 0.3) is 0 Å². The molecule has 4 aliphatic heterocycles. The molecule has 8 N–H and O–H groups in total. The van der Waals surface area contributed by atoms with Gasteiger partial charge >= 0.3 is 5.97 Å². The first kappa shape index (κ1) is 48.8. The van der Waals surface area contributed by atoms with Crippen molar-refractivity contribution in [2.75, 3.05) is 25.4 Å². The van der Waals surface area contributed by atoms with Crippen LogP contribution in [0.3, 0.4) is 0 Å². The number of benzene rings is 1. The topological polar surface area (TPSA) is 185 Å². The molecule has 0 radical (unpaired) electrons. The molecule has 5 fully saturated rings. The van der Waals surface area contributed by atoms with E-state index in [-0.39, 0.29) is 40.6 Å². The quantitative estimate of drug-likeness (QED) is 0.125.